The van der Waals surface area contributed by atoms with Crippen molar-refractivity contribution < 1.29 is 0 Å². The quantitative estimate of drug-likeness (QED) is 0.792. The molecule has 3 aromatic rings. The van der Waals surface area contributed by atoms with Gasteiger partial charge in [0, 0.05) is 12.6 Å². The predicted octanol–water partition coefficient (Wildman–Crippen LogP) is 2.28. The summed E-state index contributed by atoms with van der Waals surface area (Å²) < 4.78 is 1.61. The van der Waals surface area contributed by atoms with E-state index in [0.29, 0.717) is 16.9 Å². The predicted molar refractivity (Wildman–Crippen MR) is 78.6 cm³/mol. The first kappa shape index (κ1) is 12.6. The van der Waals surface area contributed by atoms with Crippen molar-refractivity contribution >= 4 is 11.0 Å². The van der Waals surface area contributed by atoms with Gasteiger partial charge < -0.3 is 4.98 Å². The second kappa shape index (κ2) is 4.92. The first-order valence-corrected chi connectivity index (χ1v) is 6.72. The van der Waals surface area contributed by atoms with Crippen LogP contribution in [0.1, 0.15) is 19.0 Å². The number of aryl methyl sites for hydroxylation is 2. The molecule has 0 aliphatic heterocycles. The van der Waals surface area contributed by atoms with Crippen LogP contribution in [0.4, 0.5) is 0 Å². The molecule has 0 radical (unpaired) electrons. The number of hydrogen-bond acceptors (Lipinski definition) is 3. The highest BCUT2D eigenvalue weighted by Crippen LogP contribution is 2.18. The van der Waals surface area contributed by atoms with Crippen molar-refractivity contribution in [1.29, 1.82) is 0 Å². The second-order valence-corrected chi connectivity index (χ2v) is 4.80. The summed E-state index contributed by atoms with van der Waals surface area (Å²) in [6.45, 7) is 2.09. The van der Waals surface area contributed by atoms with Crippen LogP contribution in [-0.4, -0.2) is 19.7 Å². The molecular formula is C15H16N4O. The maximum atomic E-state index is 12.3. The lowest BCUT2D eigenvalue weighted by Crippen LogP contribution is -2.12. The van der Waals surface area contributed by atoms with Gasteiger partial charge in [-0.05, 0) is 6.42 Å². The zero-order valence-electron chi connectivity index (χ0n) is 11.6. The molecule has 2 heterocycles. The molecule has 1 N–H and O–H groups in total. The molecule has 5 heteroatoms. The molecule has 20 heavy (non-hydrogen) atoms. The summed E-state index contributed by atoms with van der Waals surface area (Å²) in [6.07, 6.45) is 1.79. The number of H-pyrrole nitrogens is 1. The van der Waals surface area contributed by atoms with Crippen molar-refractivity contribution in [2.24, 2.45) is 7.05 Å². The number of fused-ring (bicyclic) bond motifs is 1. The number of hydrogen-bond donors (Lipinski definition) is 1. The monoisotopic (exact) mass is 268 g/mol. The molecule has 1 aromatic carbocycles. The minimum atomic E-state index is -0.147. The lowest BCUT2D eigenvalue weighted by Gasteiger charge is -2.01. The third-order valence-corrected chi connectivity index (χ3v) is 3.30. The topological polar surface area (TPSA) is 63.6 Å². The molecule has 0 aliphatic rings. The van der Waals surface area contributed by atoms with Gasteiger partial charge in [0.15, 0.2) is 5.52 Å². The smallest absolute Gasteiger partial charge is 0.277 e. The molecule has 0 atom stereocenters. The Kier molecular flexibility index (Phi) is 3.10. The molecule has 0 spiro atoms. The first-order chi connectivity index (χ1) is 9.70. The summed E-state index contributed by atoms with van der Waals surface area (Å²) in [5.41, 5.74) is 2.88. The van der Waals surface area contributed by atoms with Crippen molar-refractivity contribution in [1.82, 2.24) is 19.7 Å². The summed E-state index contributed by atoms with van der Waals surface area (Å²) in [6, 6.07) is 9.65. The van der Waals surface area contributed by atoms with Crippen molar-refractivity contribution in [3.63, 3.8) is 0 Å². The number of aromatic nitrogens is 4. The van der Waals surface area contributed by atoms with Gasteiger partial charge in [0.1, 0.15) is 11.3 Å². The molecule has 0 bridgehead atoms. The molecule has 0 amide bonds. The summed E-state index contributed by atoms with van der Waals surface area (Å²) in [5, 5.41) is 4.41. The third kappa shape index (κ3) is 2.01. The highest BCUT2D eigenvalue weighted by atomic mass is 16.1. The van der Waals surface area contributed by atoms with E-state index >= 15 is 0 Å². The van der Waals surface area contributed by atoms with Crippen LogP contribution >= 0.6 is 0 Å². The van der Waals surface area contributed by atoms with E-state index in [2.05, 4.69) is 22.0 Å². The molecule has 5 nitrogen and oxygen atoms in total. The summed E-state index contributed by atoms with van der Waals surface area (Å²) >= 11 is 0. The molecule has 2 aromatic heterocycles. The molecule has 0 saturated carbocycles. The normalized spacial score (nSPS) is 11.1. The molecule has 0 aliphatic carbocycles. The SMILES string of the molecule is CCCc1nn(C)c2c(=O)[nH]c(-c3ccccc3)nc12. The van der Waals surface area contributed by atoms with E-state index < -0.39 is 0 Å². The van der Waals surface area contributed by atoms with E-state index in [-0.39, 0.29) is 5.56 Å². The minimum Gasteiger partial charge on any atom is -0.305 e. The van der Waals surface area contributed by atoms with Crippen LogP contribution in [-0.2, 0) is 13.5 Å². The van der Waals surface area contributed by atoms with Gasteiger partial charge in [-0.3, -0.25) is 9.48 Å². The Bertz CT molecular complexity index is 802. The maximum Gasteiger partial charge on any atom is 0.277 e. The highest BCUT2D eigenvalue weighted by molar-refractivity contribution is 5.78. The third-order valence-electron chi connectivity index (χ3n) is 3.30. The number of aromatic amines is 1. The van der Waals surface area contributed by atoms with Crippen LogP contribution < -0.4 is 5.56 Å². The van der Waals surface area contributed by atoms with E-state index in [9.17, 15) is 4.79 Å². The lowest BCUT2D eigenvalue weighted by atomic mass is 10.2. The van der Waals surface area contributed by atoms with Gasteiger partial charge in [-0.25, -0.2) is 4.98 Å². The largest absolute Gasteiger partial charge is 0.305 e. The zero-order valence-corrected chi connectivity index (χ0v) is 11.6. The Morgan fingerprint density at radius 1 is 1.25 bits per heavy atom. The average molecular weight is 268 g/mol. The molecule has 0 unspecified atom stereocenters. The van der Waals surface area contributed by atoms with Gasteiger partial charge in [0.25, 0.3) is 5.56 Å². The van der Waals surface area contributed by atoms with Crippen LogP contribution in [0.15, 0.2) is 35.1 Å². The fourth-order valence-corrected chi connectivity index (χ4v) is 2.38. The van der Waals surface area contributed by atoms with E-state index in [1.54, 1.807) is 11.7 Å². The minimum absolute atomic E-state index is 0.147. The van der Waals surface area contributed by atoms with Crippen LogP contribution in [0.2, 0.25) is 0 Å². The molecule has 0 saturated heterocycles. The van der Waals surface area contributed by atoms with E-state index in [0.717, 1.165) is 24.1 Å². The number of nitrogens with zero attached hydrogens (tertiary/aromatic N) is 3. The van der Waals surface area contributed by atoms with Crippen molar-refractivity contribution in [2.45, 2.75) is 19.8 Å². The van der Waals surface area contributed by atoms with Crippen LogP contribution in [0.5, 0.6) is 0 Å². The van der Waals surface area contributed by atoms with Crippen LogP contribution in [0, 0.1) is 0 Å². The van der Waals surface area contributed by atoms with Gasteiger partial charge >= 0.3 is 0 Å². The second-order valence-electron chi connectivity index (χ2n) is 4.80. The van der Waals surface area contributed by atoms with E-state index in [4.69, 9.17) is 0 Å². The first-order valence-electron chi connectivity index (χ1n) is 6.72. The number of benzene rings is 1. The molecule has 3 rings (SSSR count). The lowest BCUT2D eigenvalue weighted by molar-refractivity contribution is 0.751. The Hall–Kier alpha value is -2.43. The van der Waals surface area contributed by atoms with Crippen molar-refractivity contribution in [3.8, 4) is 11.4 Å². The standard InChI is InChI=1S/C15H16N4O/c1-3-7-11-12-13(19(2)18-11)15(20)17-14(16-12)10-8-5-4-6-9-10/h4-6,8-9H,3,7H2,1-2H3,(H,16,17,20). The van der Waals surface area contributed by atoms with Crippen LogP contribution in [0.3, 0.4) is 0 Å². The summed E-state index contributed by atoms with van der Waals surface area (Å²) in [4.78, 5) is 19.7. The fourth-order valence-electron chi connectivity index (χ4n) is 2.38. The Balaban J connectivity index is 2.27. The Morgan fingerprint density at radius 2 is 2.00 bits per heavy atom. The van der Waals surface area contributed by atoms with Gasteiger partial charge in [-0.15, -0.1) is 0 Å². The summed E-state index contributed by atoms with van der Waals surface area (Å²) in [7, 11) is 1.78. The number of rotatable bonds is 3. The van der Waals surface area contributed by atoms with Crippen molar-refractivity contribution in [3.05, 3.63) is 46.4 Å². The maximum absolute atomic E-state index is 12.3. The molecule has 102 valence electrons. The molecule has 0 fully saturated rings. The summed E-state index contributed by atoms with van der Waals surface area (Å²) in [5.74, 6) is 0.591. The highest BCUT2D eigenvalue weighted by Gasteiger charge is 2.14. The van der Waals surface area contributed by atoms with E-state index in [1.807, 2.05) is 30.3 Å². The zero-order chi connectivity index (χ0) is 14.1. The van der Waals surface area contributed by atoms with Crippen molar-refractivity contribution in [2.75, 3.05) is 0 Å². The van der Waals surface area contributed by atoms with E-state index in [1.165, 1.54) is 0 Å². The average Bonchev–Trinajstić information content (AvgIpc) is 2.77. The Morgan fingerprint density at radius 3 is 2.70 bits per heavy atom. The van der Waals surface area contributed by atoms with Gasteiger partial charge in [-0.2, -0.15) is 5.10 Å². The van der Waals surface area contributed by atoms with Gasteiger partial charge in [-0.1, -0.05) is 43.7 Å². The Labute approximate surface area is 116 Å². The number of nitrogens with one attached hydrogen (secondary N) is 1. The fraction of sp³-hybridized carbons (Fsp3) is 0.267. The van der Waals surface area contributed by atoms with Gasteiger partial charge in [0.05, 0.1) is 5.69 Å². The van der Waals surface area contributed by atoms with Gasteiger partial charge in [0.2, 0.25) is 0 Å². The molecular weight excluding hydrogens is 252 g/mol. The van der Waals surface area contributed by atoms with Crippen LogP contribution in [0.25, 0.3) is 22.4 Å².